The summed E-state index contributed by atoms with van der Waals surface area (Å²) in [5.41, 5.74) is 2.73. The summed E-state index contributed by atoms with van der Waals surface area (Å²) in [6.45, 7) is 2.02. The molecule has 1 aliphatic heterocycles. The van der Waals surface area contributed by atoms with Gasteiger partial charge in [-0.1, -0.05) is 30.3 Å². The van der Waals surface area contributed by atoms with Crippen molar-refractivity contribution in [1.82, 2.24) is 9.29 Å². The highest BCUT2D eigenvalue weighted by Crippen LogP contribution is 2.31. The van der Waals surface area contributed by atoms with Crippen LogP contribution in [0, 0.1) is 6.92 Å². The number of amides is 1. The van der Waals surface area contributed by atoms with Gasteiger partial charge in [-0.2, -0.15) is 4.31 Å². The Morgan fingerprint density at radius 2 is 1.96 bits per heavy atom. The average molecular weight is 420 g/mol. The lowest BCUT2D eigenvalue weighted by Gasteiger charge is -2.34. The Hall–Kier alpha value is -2.07. The quantitative estimate of drug-likeness (QED) is 0.704. The zero-order valence-corrected chi connectivity index (χ0v) is 16.9. The predicted molar refractivity (Wildman–Crippen MR) is 106 cm³/mol. The van der Waals surface area contributed by atoms with Gasteiger partial charge in [0.2, 0.25) is 5.91 Å². The molecule has 2 aromatic heterocycles. The van der Waals surface area contributed by atoms with Gasteiger partial charge in [0.15, 0.2) is 5.13 Å². The summed E-state index contributed by atoms with van der Waals surface area (Å²) >= 11 is 2.48. The van der Waals surface area contributed by atoms with Crippen LogP contribution in [0.2, 0.25) is 0 Å². The number of rotatable bonds is 4. The largest absolute Gasteiger partial charge is 0.301 e. The fraction of sp³-hybridized carbons (Fsp3) is 0.222. The monoisotopic (exact) mass is 419 g/mol. The predicted octanol–water partition coefficient (Wildman–Crippen LogP) is 3.27. The van der Waals surface area contributed by atoms with Crippen LogP contribution in [0.15, 0.2) is 51.4 Å². The maximum atomic E-state index is 13.2. The van der Waals surface area contributed by atoms with Crippen molar-refractivity contribution >= 4 is 43.7 Å². The maximum absolute atomic E-state index is 13.2. The van der Waals surface area contributed by atoms with Crippen molar-refractivity contribution in [3.05, 3.63) is 64.0 Å². The van der Waals surface area contributed by atoms with Crippen LogP contribution < -0.4 is 5.32 Å². The van der Waals surface area contributed by atoms with Crippen molar-refractivity contribution in [1.29, 1.82) is 0 Å². The zero-order valence-electron chi connectivity index (χ0n) is 14.5. The second-order valence-corrected chi connectivity index (χ2v) is 10.2. The summed E-state index contributed by atoms with van der Waals surface area (Å²) in [4.78, 5) is 17.2. The van der Waals surface area contributed by atoms with E-state index in [1.807, 2.05) is 36.6 Å². The van der Waals surface area contributed by atoms with Crippen molar-refractivity contribution in [2.45, 2.75) is 30.1 Å². The summed E-state index contributed by atoms with van der Waals surface area (Å²) in [7, 11) is -3.77. The van der Waals surface area contributed by atoms with Crippen LogP contribution in [0.3, 0.4) is 0 Å². The number of fused-ring (bicyclic) bond motifs is 1. The van der Waals surface area contributed by atoms with Crippen LogP contribution in [0.25, 0.3) is 0 Å². The fourth-order valence-electron chi connectivity index (χ4n) is 3.10. The minimum atomic E-state index is -3.77. The van der Waals surface area contributed by atoms with Gasteiger partial charge >= 0.3 is 0 Å². The lowest BCUT2D eigenvalue weighted by atomic mass is 9.95. The Kier molecular flexibility index (Phi) is 4.85. The minimum absolute atomic E-state index is 0.172. The molecule has 3 aromatic rings. The lowest BCUT2D eigenvalue weighted by molar-refractivity contribution is -0.120. The van der Waals surface area contributed by atoms with E-state index in [1.54, 1.807) is 17.5 Å². The molecule has 0 spiro atoms. The van der Waals surface area contributed by atoms with Crippen LogP contribution in [0.4, 0.5) is 5.13 Å². The van der Waals surface area contributed by atoms with Gasteiger partial charge in [-0.05, 0) is 35.9 Å². The van der Waals surface area contributed by atoms with E-state index in [4.69, 9.17) is 0 Å². The Bertz CT molecular complexity index is 1070. The van der Waals surface area contributed by atoms with Crippen LogP contribution in [-0.2, 0) is 27.8 Å². The summed E-state index contributed by atoms with van der Waals surface area (Å²) in [5.74, 6) is -0.362. The molecule has 1 aromatic carbocycles. The summed E-state index contributed by atoms with van der Waals surface area (Å²) in [6.07, 6.45) is 0.330. The number of sulfonamides is 1. The van der Waals surface area contributed by atoms with Crippen molar-refractivity contribution in [2.24, 2.45) is 0 Å². The van der Waals surface area contributed by atoms with Crippen molar-refractivity contribution in [3.8, 4) is 0 Å². The number of thiophene rings is 1. The number of nitrogens with zero attached hydrogens (tertiary/aromatic N) is 2. The molecule has 0 saturated heterocycles. The van der Waals surface area contributed by atoms with Gasteiger partial charge in [-0.3, -0.25) is 4.79 Å². The van der Waals surface area contributed by atoms with Gasteiger partial charge in [0.25, 0.3) is 10.0 Å². The number of carbonyl (C=O) groups excluding carboxylic acids is 1. The Morgan fingerprint density at radius 3 is 2.63 bits per heavy atom. The molecule has 1 unspecified atom stereocenters. The highest BCUT2D eigenvalue weighted by atomic mass is 32.2. The molecular formula is C18H17N3O3S3. The first kappa shape index (κ1) is 18.3. The van der Waals surface area contributed by atoms with E-state index in [1.165, 1.54) is 15.6 Å². The Balaban J connectivity index is 1.70. The van der Waals surface area contributed by atoms with Gasteiger partial charge in [-0.15, -0.1) is 22.7 Å². The first-order valence-corrected chi connectivity index (χ1v) is 11.5. The van der Waals surface area contributed by atoms with Gasteiger partial charge < -0.3 is 5.32 Å². The number of aryl methyl sites for hydroxylation is 1. The number of benzene rings is 1. The first-order chi connectivity index (χ1) is 12.9. The minimum Gasteiger partial charge on any atom is -0.301 e. The molecule has 1 amide bonds. The number of thiazole rings is 1. The highest BCUT2D eigenvalue weighted by molar-refractivity contribution is 7.91. The van der Waals surface area contributed by atoms with E-state index in [0.29, 0.717) is 11.6 Å². The van der Waals surface area contributed by atoms with E-state index >= 15 is 0 Å². The number of hydrogen-bond acceptors (Lipinski definition) is 6. The Labute approximate surface area is 165 Å². The van der Waals surface area contributed by atoms with Crippen LogP contribution in [0.5, 0.6) is 0 Å². The molecule has 6 nitrogen and oxygen atoms in total. The van der Waals surface area contributed by atoms with Gasteiger partial charge in [0.1, 0.15) is 10.3 Å². The van der Waals surface area contributed by atoms with Crippen molar-refractivity contribution in [3.63, 3.8) is 0 Å². The van der Waals surface area contributed by atoms with Gasteiger partial charge in [0.05, 0.1) is 5.69 Å². The molecule has 1 N–H and O–H groups in total. The second kappa shape index (κ2) is 7.16. The molecule has 4 rings (SSSR count). The highest BCUT2D eigenvalue weighted by Gasteiger charge is 2.40. The molecule has 0 fully saturated rings. The summed E-state index contributed by atoms with van der Waals surface area (Å²) in [6, 6.07) is 10.1. The molecule has 9 heteroatoms. The molecule has 0 radical (unpaired) electrons. The van der Waals surface area contributed by atoms with Gasteiger partial charge in [0, 0.05) is 11.9 Å². The standard InChI is InChI=1S/C18H17N3O3S3/c1-12-11-26-18(19-12)20-17(22)15-9-13-5-2-3-6-14(13)10-21(15)27(23,24)16-7-4-8-25-16/h2-8,11,15H,9-10H2,1H3,(H,19,20,22). The summed E-state index contributed by atoms with van der Waals surface area (Å²) in [5, 5.41) is 6.81. The number of carbonyl (C=O) groups is 1. The second-order valence-electron chi connectivity index (χ2n) is 6.25. The third-order valence-corrected chi connectivity index (χ3v) is 8.52. The maximum Gasteiger partial charge on any atom is 0.253 e. The molecular weight excluding hydrogens is 402 g/mol. The molecule has 140 valence electrons. The van der Waals surface area contributed by atoms with E-state index in [-0.39, 0.29) is 16.7 Å². The molecule has 0 saturated carbocycles. The smallest absolute Gasteiger partial charge is 0.253 e. The number of anilines is 1. The van der Waals surface area contributed by atoms with E-state index in [0.717, 1.165) is 28.2 Å². The molecule has 3 heterocycles. The third kappa shape index (κ3) is 3.55. The van der Waals surface area contributed by atoms with E-state index < -0.39 is 16.1 Å². The molecule has 1 atom stereocenters. The van der Waals surface area contributed by atoms with Gasteiger partial charge in [-0.25, -0.2) is 13.4 Å². The topological polar surface area (TPSA) is 79.4 Å². The normalized spacial score (nSPS) is 17.4. The number of nitrogens with one attached hydrogen (secondary N) is 1. The molecule has 27 heavy (non-hydrogen) atoms. The average Bonchev–Trinajstić information content (AvgIpc) is 3.33. The molecule has 1 aliphatic rings. The number of aromatic nitrogens is 1. The third-order valence-electron chi connectivity index (χ3n) is 4.42. The van der Waals surface area contributed by atoms with Crippen LogP contribution in [0.1, 0.15) is 16.8 Å². The Morgan fingerprint density at radius 1 is 1.19 bits per heavy atom. The van der Waals surface area contributed by atoms with E-state index in [9.17, 15) is 13.2 Å². The molecule has 0 aliphatic carbocycles. The first-order valence-electron chi connectivity index (χ1n) is 8.30. The number of hydrogen-bond donors (Lipinski definition) is 1. The van der Waals surface area contributed by atoms with Crippen molar-refractivity contribution < 1.29 is 13.2 Å². The van der Waals surface area contributed by atoms with Crippen LogP contribution in [-0.4, -0.2) is 29.7 Å². The lowest BCUT2D eigenvalue weighted by Crippen LogP contribution is -2.50. The van der Waals surface area contributed by atoms with Crippen molar-refractivity contribution in [2.75, 3.05) is 5.32 Å². The zero-order chi connectivity index (χ0) is 19.0. The fourth-order valence-corrected chi connectivity index (χ4v) is 6.48. The van der Waals surface area contributed by atoms with Crippen LogP contribution >= 0.6 is 22.7 Å². The SMILES string of the molecule is Cc1csc(NC(=O)C2Cc3ccccc3CN2S(=O)(=O)c2cccs2)n1. The van der Waals surface area contributed by atoms with E-state index in [2.05, 4.69) is 10.3 Å². The molecule has 0 bridgehead atoms. The summed E-state index contributed by atoms with van der Waals surface area (Å²) < 4.78 is 27.9.